The van der Waals surface area contributed by atoms with E-state index >= 15 is 0 Å². The fraction of sp³-hybridized carbons (Fsp3) is 0.680. The van der Waals surface area contributed by atoms with E-state index in [2.05, 4.69) is 24.8 Å². The lowest BCUT2D eigenvalue weighted by Gasteiger charge is -2.41. The summed E-state index contributed by atoms with van der Waals surface area (Å²) in [5.74, 6) is -0.0692. The minimum atomic E-state index is -0.953. The minimum absolute atomic E-state index is 0.147. The van der Waals surface area contributed by atoms with Crippen LogP contribution in [0.4, 0.5) is 0 Å². The van der Waals surface area contributed by atoms with Crippen molar-refractivity contribution in [1.82, 2.24) is 9.80 Å². The van der Waals surface area contributed by atoms with Crippen molar-refractivity contribution in [3.63, 3.8) is 0 Å². The largest absolute Gasteiger partial charge is 0.384 e. The van der Waals surface area contributed by atoms with Crippen LogP contribution in [0.3, 0.4) is 0 Å². The molecule has 2 aliphatic rings. The van der Waals surface area contributed by atoms with E-state index in [-0.39, 0.29) is 17.9 Å². The molecule has 172 valence electrons. The third kappa shape index (κ3) is 5.47. The molecule has 2 heterocycles. The van der Waals surface area contributed by atoms with Crippen LogP contribution in [-0.2, 0) is 4.79 Å². The second kappa shape index (κ2) is 10.6. The number of aliphatic hydroxyl groups excluding tert-OH is 1. The first-order valence-electron chi connectivity index (χ1n) is 12.0. The molecule has 6 heteroatoms. The molecule has 0 radical (unpaired) electrons. The van der Waals surface area contributed by atoms with Crippen molar-refractivity contribution in [2.75, 3.05) is 13.1 Å². The molecule has 0 saturated carbocycles. The second-order valence-corrected chi connectivity index (χ2v) is 9.34. The van der Waals surface area contributed by atoms with Gasteiger partial charge in [0, 0.05) is 36.8 Å². The monoisotopic (exact) mass is 429 g/mol. The van der Waals surface area contributed by atoms with Crippen molar-refractivity contribution in [1.29, 1.82) is 0 Å². The van der Waals surface area contributed by atoms with E-state index in [9.17, 15) is 14.7 Å². The van der Waals surface area contributed by atoms with Gasteiger partial charge in [-0.05, 0) is 69.1 Å². The molecular weight excluding hydrogens is 390 g/mol. The van der Waals surface area contributed by atoms with E-state index < -0.39 is 6.10 Å². The number of rotatable bonds is 10. The lowest BCUT2D eigenvalue weighted by atomic mass is 9.84. The Morgan fingerprint density at radius 1 is 1.23 bits per heavy atom. The highest BCUT2D eigenvalue weighted by molar-refractivity contribution is 5.92. The van der Waals surface area contributed by atoms with Gasteiger partial charge < -0.3 is 15.7 Å². The van der Waals surface area contributed by atoms with Crippen LogP contribution in [-0.4, -0.2) is 64.0 Å². The van der Waals surface area contributed by atoms with Crippen molar-refractivity contribution < 1.29 is 14.7 Å². The number of nitrogens with two attached hydrogens (primary N) is 1. The normalized spacial score (nSPS) is 25.2. The van der Waals surface area contributed by atoms with Crippen LogP contribution >= 0.6 is 0 Å². The number of nitrogens with zero attached hydrogens (tertiary/aromatic N) is 2. The Labute approximate surface area is 186 Å². The number of carbonyl (C=O) groups is 2. The van der Waals surface area contributed by atoms with E-state index in [0.29, 0.717) is 30.1 Å². The maximum atomic E-state index is 12.7. The molecule has 2 unspecified atom stereocenters. The lowest BCUT2D eigenvalue weighted by Crippen LogP contribution is -2.51. The summed E-state index contributed by atoms with van der Waals surface area (Å²) in [6.07, 6.45) is 6.50. The van der Waals surface area contributed by atoms with Gasteiger partial charge in [-0.1, -0.05) is 32.4 Å². The molecule has 6 nitrogen and oxygen atoms in total. The molecule has 3 rings (SSSR count). The summed E-state index contributed by atoms with van der Waals surface area (Å²) in [5, 5.41) is 9.94. The Hall–Kier alpha value is -1.92. The van der Waals surface area contributed by atoms with Gasteiger partial charge >= 0.3 is 0 Å². The van der Waals surface area contributed by atoms with Gasteiger partial charge in [0.05, 0.1) is 0 Å². The molecule has 0 spiro atoms. The molecule has 2 saturated heterocycles. The van der Waals surface area contributed by atoms with Crippen molar-refractivity contribution in [2.45, 2.75) is 95.9 Å². The first-order chi connectivity index (χ1) is 14.8. The number of primary amides is 1. The number of aliphatic hydroxyl groups is 1. The number of benzene rings is 1. The topological polar surface area (TPSA) is 86.9 Å². The molecule has 0 aromatic heterocycles. The van der Waals surface area contributed by atoms with Gasteiger partial charge in [-0.3, -0.25) is 14.5 Å². The maximum absolute atomic E-state index is 12.7. The molecule has 2 amide bonds. The van der Waals surface area contributed by atoms with Gasteiger partial charge in [-0.15, -0.1) is 0 Å². The first-order valence-corrected chi connectivity index (χ1v) is 12.0. The van der Waals surface area contributed by atoms with Gasteiger partial charge in [0.15, 0.2) is 0 Å². The van der Waals surface area contributed by atoms with Crippen LogP contribution in [0.15, 0.2) is 24.3 Å². The zero-order chi connectivity index (χ0) is 22.5. The zero-order valence-electron chi connectivity index (χ0n) is 19.3. The van der Waals surface area contributed by atoms with E-state index in [1.54, 1.807) is 13.0 Å². The first kappa shape index (κ1) is 23.7. The Balaban J connectivity index is 1.66. The van der Waals surface area contributed by atoms with E-state index in [1.807, 2.05) is 17.0 Å². The Kier molecular flexibility index (Phi) is 8.11. The van der Waals surface area contributed by atoms with Crippen LogP contribution < -0.4 is 5.73 Å². The van der Waals surface area contributed by atoms with Crippen LogP contribution in [0, 0.1) is 0 Å². The lowest BCUT2D eigenvalue weighted by molar-refractivity contribution is -0.142. The number of fused-ring (bicyclic) bond motifs is 2. The number of hydrogen-bond acceptors (Lipinski definition) is 4. The summed E-state index contributed by atoms with van der Waals surface area (Å²) in [5.41, 5.74) is 7.27. The molecule has 5 atom stereocenters. The van der Waals surface area contributed by atoms with Gasteiger partial charge in [0.1, 0.15) is 6.10 Å². The van der Waals surface area contributed by atoms with E-state index in [1.165, 1.54) is 18.4 Å². The fourth-order valence-electron chi connectivity index (χ4n) is 5.71. The van der Waals surface area contributed by atoms with Crippen LogP contribution in [0.2, 0.25) is 0 Å². The smallest absolute Gasteiger partial charge is 0.251 e. The van der Waals surface area contributed by atoms with Crippen molar-refractivity contribution in [3.05, 3.63) is 35.4 Å². The summed E-state index contributed by atoms with van der Waals surface area (Å²) in [4.78, 5) is 28.8. The van der Waals surface area contributed by atoms with Gasteiger partial charge in [0.25, 0.3) is 5.91 Å². The van der Waals surface area contributed by atoms with E-state index in [4.69, 9.17) is 5.73 Å². The van der Waals surface area contributed by atoms with Crippen LogP contribution in [0.5, 0.6) is 0 Å². The zero-order valence-corrected chi connectivity index (χ0v) is 19.3. The molecular formula is C25H39N3O3. The van der Waals surface area contributed by atoms with Crippen LogP contribution in [0.1, 0.15) is 87.6 Å². The van der Waals surface area contributed by atoms with Crippen LogP contribution in [0.25, 0.3) is 0 Å². The molecule has 2 fully saturated rings. The van der Waals surface area contributed by atoms with Crippen molar-refractivity contribution in [3.8, 4) is 0 Å². The SMILES string of the molecule is CCCC(CC)N(CCN1[C@@H]2CC[C@H]1CC(c1cccc(C(N)=O)c1)C2)C(=O)[C@@H](C)O. The van der Waals surface area contributed by atoms with Crippen molar-refractivity contribution in [2.24, 2.45) is 5.73 Å². The van der Waals surface area contributed by atoms with Gasteiger partial charge in [0.2, 0.25) is 5.91 Å². The Bertz CT molecular complexity index is 752. The molecule has 0 aliphatic carbocycles. The standard InChI is InChI=1S/C25H39N3O3/c1-4-7-21(5-2)28(25(31)17(3)29)13-12-27-22-10-11-23(27)16-20(15-22)18-8-6-9-19(14-18)24(26)30/h6,8-9,14,17,20-23,29H,4-5,7,10-13,15-16H2,1-3H3,(H2,26,30)/t17-,20?,21?,22-,23+/m1/s1. The van der Waals surface area contributed by atoms with Gasteiger partial charge in [-0.25, -0.2) is 0 Å². The van der Waals surface area contributed by atoms with Crippen molar-refractivity contribution >= 4 is 11.8 Å². The van der Waals surface area contributed by atoms with E-state index in [0.717, 1.165) is 38.6 Å². The summed E-state index contributed by atoms with van der Waals surface area (Å²) in [7, 11) is 0. The molecule has 1 aromatic rings. The fourth-order valence-corrected chi connectivity index (χ4v) is 5.71. The third-order valence-electron chi connectivity index (χ3n) is 7.30. The maximum Gasteiger partial charge on any atom is 0.251 e. The average molecular weight is 430 g/mol. The Morgan fingerprint density at radius 3 is 2.45 bits per heavy atom. The number of piperidine rings is 1. The minimum Gasteiger partial charge on any atom is -0.384 e. The predicted molar refractivity (Wildman–Crippen MR) is 123 cm³/mol. The molecule has 2 bridgehead atoms. The van der Waals surface area contributed by atoms with Gasteiger partial charge in [-0.2, -0.15) is 0 Å². The number of hydrogen-bond donors (Lipinski definition) is 2. The highest BCUT2D eigenvalue weighted by Crippen LogP contribution is 2.43. The molecule has 1 aromatic carbocycles. The quantitative estimate of drug-likeness (QED) is 0.598. The number of amides is 2. The summed E-state index contributed by atoms with van der Waals surface area (Å²) in [6, 6.07) is 9.00. The predicted octanol–water partition coefficient (Wildman–Crippen LogP) is 3.28. The number of carbonyl (C=O) groups excluding carboxylic acids is 2. The summed E-state index contributed by atoms with van der Waals surface area (Å²) in [6.45, 7) is 7.38. The third-order valence-corrected chi connectivity index (χ3v) is 7.30. The molecule has 3 N–H and O–H groups in total. The highest BCUT2D eigenvalue weighted by Gasteiger charge is 2.41. The summed E-state index contributed by atoms with van der Waals surface area (Å²) < 4.78 is 0. The second-order valence-electron chi connectivity index (χ2n) is 9.34. The highest BCUT2D eigenvalue weighted by atomic mass is 16.3. The summed E-state index contributed by atoms with van der Waals surface area (Å²) >= 11 is 0. The Morgan fingerprint density at radius 2 is 1.90 bits per heavy atom. The molecule has 2 aliphatic heterocycles. The average Bonchev–Trinajstić information content (AvgIpc) is 2.99. The molecule has 31 heavy (non-hydrogen) atoms.